The van der Waals surface area contributed by atoms with Gasteiger partial charge in [-0.3, -0.25) is 0 Å². The number of hydrogen-bond donors (Lipinski definition) is 0. The Kier molecular flexibility index (Phi) is 6.55. The molecule has 0 saturated heterocycles. The van der Waals surface area contributed by atoms with Crippen molar-refractivity contribution in [1.82, 2.24) is 0 Å². The third-order valence-corrected chi connectivity index (χ3v) is 12.2. The summed E-state index contributed by atoms with van der Waals surface area (Å²) < 4.78 is 2.40. The summed E-state index contributed by atoms with van der Waals surface area (Å²) in [7, 11) is 1.57. The van der Waals surface area contributed by atoms with Gasteiger partial charge in [-0.25, -0.2) is 4.57 Å². The Bertz CT molecular complexity index is 1760. The Morgan fingerprint density at radius 1 is 0.850 bits per heavy atom. The van der Waals surface area contributed by atoms with Crippen molar-refractivity contribution in [2.45, 2.75) is 72.1 Å². The van der Waals surface area contributed by atoms with Crippen LogP contribution < -0.4 is 20.5 Å². The fraction of sp³-hybridized carbons (Fsp3) is 0.342. The van der Waals surface area contributed by atoms with Crippen LogP contribution in [0.3, 0.4) is 0 Å². The largest absolute Gasteiger partial charge is 0.221 e. The number of rotatable bonds is 4. The monoisotopic (exact) mass is 542 g/mol. The van der Waals surface area contributed by atoms with Gasteiger partial charge < -0.3 is 0 Å². The van der Waals surface area contributed by atoms with Gasteiger partial charge in [-0.2, -0.15) is 0 Å². The molecule has 1 aliphatic heterocycles. The Morgan fingerprint density at radius 2 is 1.62 bits per heavy atom. The molecule has 5 aromatic rings. The van der Waals surface area contributed by atoms with Crippen LogP contribution in [0, 0.1) is 19.8 Å². The zero-order chi connectivity index (χ0) is 27.5. The second-order valence-electron chi connectivity index (χ2n) is 12.7. The molecule has 1 unspecified atom stereocenters. The summed E-state index contributed by atoms with van der Waals surface area (Å²) in [4.78, 5) is 0. The highest BCUT2D eigenvalue weighted by Crippen LogP contribution is 2.49. The normalized spacial score (nSPS) is 17.1. The molecule has 0 bridgehead atoms. The van der Waals surface area contributed by atoms with Crippen molar-refractivity contribution in [3.05, 3.63) is 95.2 Å². The summed E-state index contributed by atoms with van der Waals surface area (Å²) >= 11 is 0. The van der Waals surface area contributed by atoms with Gasteiger partial charge in [0.2, 0.25) is 5.69 Å². The van der Waals surface area contributed by atoms with Gasteiger partial charge in [-0.1, -0.05) is 87.7 Å². The molecular weight excluding hydrogens is 501 g/mol. The lowest BCUT2D eigenvalue weighted by molar-refractivity contribution is -0.659. The third kappa shape index (κ3) is 4.12. The number of nitrogens with zero attached hydrogens (tertiary/aromatic N) is 1. The van der Waals surface area contributed by atoms with Gasteiger partial charge in [0.25, 0.3) is 0 Å². The van der Waals surface area contributed by atoms with E-state index in [-0.39, 0.29) is 0 Å². The maximum Gasteiger partial charge on any atom is 0.221 e. The van der Waals surface area contributed by atoms with E-state index in [9.17, 15) is 0 Å². The molecule has 2 heteroatoms. The molecule has 202 valence electrons. The Balaban J connectivity index is 1.60. The zero-order valence-corrected chi connectivity index (χ0v) is 25.6. The summed E-state index contributed by atoms with van der Waals surface area (Å²) in [6.45, 7) is 9.43. The molecule has 1 nitrogen and oxygen atoms in total. The van der Waals surface area contributed by atoms with Crippen LogP contribution in [0.1, 0.15) is 74.1 Å². The molecule has 40 heavy (non-hydrogen) atoms. The average molecular weight is 543 g/mol. The molecule has 1 fully saturated rings. The van der Waals surface area contributed by atoms with Gasteiger partial charge in [-0.05, 0) is 108 Å². The second-order valence-corrected chi connectivity index (χ2v) is 14.9. The van der Waals surface area contributed by atoms with Crippen molar-refractivity contribution in [3.63, 3.8) is 0 Å². The summed E-state index contributed by atoms with van der Waals surface area (Å²) in [6, 6.07) is 26.3. The van der Waals surface area contributed by atoms with Crippen LogP contribution in [0.4, 0.5) is 0 Å². The van der Waals surface area contributed by atoms with Crippen molar-refractivity contribution in [1.29, 1.82) is 0 Å². The number of benzene rings is 4. The van der Waals surface area contributed by atoms with Crippen LogP contribution in [0.2, 0.25) is 0 Å². The van der Waals surface area contributed by atoms with Crippen molar-refractivity contribution in [3.8, 4) is 11.3 Å². The molecular formula is C38H41NP+. The molecule has 2 aliphatic rings. The molecule has 0 spiro atoms. The SMILES string of the molecule is Cc1c2c(c(C)c3ccc(CC(C)C)cc13)P(c1ccccc1)c1cc(C3CCCCC3)cc3cc[n+](C)c-2c13. The minimum Gasteiger partial charge on any atom is -0.200 e. The fourth-order valence-corrected chi connectivity index (χ4v) is 10.6. The van der Waals surface area contributed by atoms with E-state index in [1.54, 1.807) is 16.2 Å². The number of aromatic nitrogens is 1. The maximum absolute atomic E-state index is 2.65. The van der Waals surface area contributed by atoms with Gasteiger partial charge in [0.15, 0.2) is 6.20 Å². The average Bonchev–Trinajstić information content (AvgIpc) is 2.97. The Hall–Kier alpha value is -3.02. The molecule has 1 saturated carbocycles. The van der Waals surface area contributed by atoms with Crippen molar-refractivity contribution >= 4 is 45.4 Å². The van der Waals surface area contributed by atoms with Crippen LogP contribution in [0.15, 0.2) is 72.9 Å². The summed E-state index contributed by atoms with van der Waals surface area (Å²) in [5, 5.41) is 10.4. The first-order valence-electron chi connectivity index (χ1n) is 15.3. The summed E-state index contributed by atoms with van der Waals surface area (Å²) in [5.41, 5.74) is 8.81. The van der Waals surface area contributed by atoms with E-state index in [0.29, 0.717) is 11.8 Å². The number of aryl methyl sites for hydroxylation is 3. The number of hydrogen-bond acceptors (Lipinski definition) is 0. The minimum absolute atomic E-state index is 0.652. The molecule has 2 heterocycles. The predicted octanol–water partition coefficient (Wildman–Crippen LogP) is 8.42. The van der Waals surface area contributed by atoms with E-state index in [4.69, 9.17) is 0 Å². The quantitative estimate of drug-likeness (QED) is 0.156. The van der Waals surface area contributed by atoms with Gasteiger partial charge in [0.1, 0.15) is 7.05 Å². The molecule has 1 aromatic heterocycles. The van der Waals surface area contributed by atoms with Crippen molar-refractivity contribution in [2.24, 2.45) is 13.0 Å². The van der Waals surface area contributed by atoms with Crippen molar-refractivity contribution < 1.29 is 4.57 Å². The van der Waals surface area contributed by atoms with E-state index < -0.39 is 7.92 Å². The first-order valence-corrected chi connectivity index (χ1v) is 16.6. The lowest BCUT2D eigenvalue weighted by atomic mass is 9.83. The Labute approximate surface area is 241 Å². The lowest BCUT2D eigenvalue weighted by Gasteiger charge is -2.32. The third-order valence-electron chi connectivity index (χ3n) is 9.53. The van der Waals surface area contributed by atoms with E-state index in [0.717, 1.165) is 6.42 Å². The topological polar surface area (TPSA) is 3.88 Å². The van der Waals surface area contributed by atoms with Crippen LogP contribution in [-0.2, 0) is 13.5 Å². The number of pyridine rings is 1. The first-order chi connectivity index (χ1) is 19.4. The fourth-order valence-electron chi connectivity index (χ4n) is 7.64. The highest BCUT2D eigenvalue weighted by molar-refractivity contribution is 7.80. The number of fused-ring (bicyclic) bond motifs is 3. The molecule has 1 aliphatic carbocycles. The molecule has 0 N–H and O–H groups in total. The zero-order valence-electron chi connectivity index (χ0n) is 24.7. The first kappa shape index (κ1) is 25.9. The highest BCUT2D eigenvalue weighted by atomic mass is 31.1. The van der Waals surface area contributed by atoms with Crippen LogP contribution >= 0.6 is 7.92 Å². The molecule has 0 amide bonds. The van der Waals surface area contributed by atoms with E-state index in [1.165, 1.54) is 86.9 Å². The standard InChI is InChI=1S/C38H41NP/c1-24(2)20-27-16-17-32-26(4)38-35(25(3)33(32)21-27)37-36-29(18-19-39(37)5)22-30(28-12-8-6-9-13-28)23-34(36)40(38)31-14-10-7-11-15-31/h7,10-11,14-19,21-24,28H,6,8-9,12-13,20H2,1-5H3/q+1. The lowest BCUT2D eigenvalue weighted by Crippen LogP contribution is -2.38. The van der Waals surface area contributed by atoms with Gasteiger partial charge in [0.05, 0.1) is 10.9 Å². The second kappa shape index (κ2) is 10.1. The predicted molar refractivity (Wildman–Crippen MR) is 174 cm³/mol. The summed E-state index contributed by atoms with van der Waals surface area (Å²) in [6.07, 6.45) is 10.2. The van der Waals surface area contributed by atoms with Crippen LogP contribution in [0.5, 0.6) is 0 Å². The Morgan fingerprint density at radius 3 is 2.38 bits per heavy atom. The maximum atomic E-state index is 2.65. The van der Waals surface area contributed by atoms with Gasteiger partial charge >= 0.3 is 0 Å². The molecule has 4 aromatic carbocycles. The van der Waals surface area contributed by atoms with Crippen LogP contribution in [0.25, 0.3) is 32.8 Å². The molecule has 0 radical (unpaired) electrons. The minimum atomic E-state index is -0.683. The van der Waals surface area contributed by atoms with Crippen LogP contribution in [-0.4, -0.2) is 0 Å². The molecule has 1 atom stereocenters. The molecule has 7 rings (SSSR count). The van der Waals surface area contributed by atoms with Crippen molar-refractivity contribution in [2.75, 3.05) is 0 Å². The smallest absolute Gasteiger partial charge is 0.200 e. The van der Waals surface area contributed by atoms with E-state index in [1.807, 2.05) is 0 Å². The van der Waals surface area contributed by atoms with E-state index >= 15 is 0 Å². The van der Waals surface area contributed by atoms with Gasteiger partial charge in [0, 0.05) is 11.4 Å². The van der Waals surface area contributed by atoms with E-state index in [2.05, 4.69) is 112 Å². The summed E-state index contributed by atoms with van der Waals surface area (Å²) in [5.74, 6) is 1.35. The highest BCUT2D eigenvalue weighted by Gasteiger charge is 2.37. The van der Waals surface area contributed by atoms with Gasteiger partial charge in [-0.15, -0.1) is 0 Å².